The summed E-state index contributed by atoms with van der Waals surface area (Å²) in [7, 11) is 3.49. The molecule has 1 amide bonds. The second kappa shape index (κ2) is 3.38. The summed E-state index contributed by atoms with van der Waals surface area (Å²) in [6.45, 7) is 2.30. The monoisotopic (exact) mass is 167 g/mol. The molecule has 0 aliphatic carbocycles. The number of hydrogen-bond donors (Lipinski definition) is 0. The van der Waals surface area contributed by atoms with Crippen LogP contribution in [-0.4, -0.2) is 34.5 Å². The summed E-state index contributed by atoms with van der Waals surface area (Å²) in [6, 6.07) is 0. The van der Waals surface area contributed by atoms with Crippen LogP contribution in [0.2, 0.25) is 0 Å². The Labute approximate surface area is 71.8 Å². The molecule has 0 fully saturated rings. The third-order valence-electron chi connectivity index (χ3n) is 1.72. The largest absolute Gasteiger partial charge is 0.347 e. The van der Waals surface area contributed by atoms with Crippen molar-refractivity contribution >= 4 is 5.91 Å². The fourth-order valence-electron chi connectivity index (χ4n) is 0.840. The Hall–Kier alpha value is -1.32. The maximum Gasteiger partial charge on any atom is 0.242 e. The summed E-state index contributed by atoms with van der Waals surface area (Å²) >= 11 is 0. The van der Waals surface area contributed by atoms with Crippen molar-refractivity contribution in [3.63, 3.8) is 0 Å². The molecule has 1 aromatic rings. The van der Waals surface area contributed by atoms with Crippen molar-refractivity contribution in [3.05, 3.63) is 18.2 Å². The second-order valence-electron chi connectivity index (χ2n) is 2.95. The fourth-order valence-corrected chi connectivity index (χ4v) is 0.840. The second-order valence-corrected chi connectivity index (χ2v) is 2.95. The summed E-state index contributed by atoms with van der Waals surface area (Å²) in [5.74, 6) is 0.0797. The number of amides is 1. The molecule has 12 heavy (non-hydrogen) atoms. The quantitative estimate of drug-likeness (QED) is 0.634. The predicted octanol–water partition coefficient (Wildman–Crippen LogP) is 0.280. The first-order valence-corrected chi connectivity index (χ1v) is 3.78. The van der Waals surface area contributed by atoms with Crippen LogP contribution in [0.4, 0.5) is 0 Å². The van der Waals surface area contributed by atoms with Crippen molar-refractivity contribution < 1.29 is 4.79 Å². The molecule has 4 nitrogen and oxygen atoms in total. The Kier molecular flexibility index (Phi) is 2.47. The Morgan fingerprint density at radius 1 is 1.67 bits per heavy atom. The highest BCUT2D eigenvalue weighted by molar-refractivity contribution is 5.75. The van der Waals surface area contributed by atoms with Gasteiger partial charge in [0.2, 0.25) is 5.91 Å². The third kappa shape index (κ3) is 1.84. The normalized spacial score (nSPS) is 9.92. The first-order valence-electron chi connectivity index (χ1n) is 3.78. The van der Waals surface area contributed by atoms with Gasteiger partial charge < -0.3 is 9.47 Å². The molecule has 4 heteroatoms. The molecule has 0 atom stereocenters. The maximum atomic E-state index is 11.2. The third-order valence-corrected chi connectivity index (χ3v) is 1.72. The number of hydrogen-bond acceptors (Lipinski definition) is 2. The van der Waals surface area contributed by atoms with E-state index in [1.54, 1.807) is 31.5 Å². The van der Waals surface area contributed by atoms with Crippen molar-refractivity contribution in [1.29, 1.82) is 0 Å². The van der Waals surface area contributed by atoms with Gasteiger partial charge in [-0.3, -0.25) is 4.79 Å². The lowest BCUT2D eigenvalue weighted by Gasteiger charge is -2.11. The first kappa shape index (κ1) is 8.77. The van der Waals surface area contributed by atoms with E-state index in [4.69, 9.17) is 0 Å². The van der Waals surface area contributed by atoms with E-state index >= 15 is 0 Å². The first-order chi connectivity index (χ1) is 5.61. The van der Waals surface area contributed by atoms with Gasteiger partial charge >= 0.3 is 0 Å². The van der Waals surface area contributed by atoms with Crippen LogP contribution in [0.25, 0.3) is 0 Å². The van der Waals surface area contributed by atoms with Gasteiger partial charge in [-0.1, -0.05) is 0 Å². The molecule has 0 aliphatic rings. The van der Waals surface area contributed by atoms with Crippen LogP contribution in [0.1, 0.15) is 5.69 Å². The fraction of sp³-hybridized carbons (Fsp3) is 0.500. The summed E-state index contributed by atoms with van der Waals surface area (Å²) in [5.41, 5.74) is 1.00. The molecule has 0 aliphatic heterocycles. The van der Waals surface area contributed by atoms with Gasteiger partial charge in [0.25, 0.3) is 0 Å². The molecular formula is C8H13N3O. The summed E-state index contributed by atoms with van der Waals surface area (Å²) in [4.78, 5) is 16.7. The minimum atomic E-state index is 0.0797. The van der Waals surface area contributed by atoms with Crippen LogP contribution >= 0.6 is 0 Å². The van der Waals surface area contributed by atoms with Gasteiger partial charge in [0, 0.05) is 26.0 Å². The smallest absolute Gasteiger partial charge is 0.242 e. The minimum absolute atomic E-state index is 0.0797. The van der Waals surface area contributed by atoms with Crippen molar-refractivity contribution in [2.75, 3.05) is 14.1 Å². The predicted molar refractivity (Wildman–Crippen MR) is 45.7 cm³/mol. The summed E-state index contributed by atoms with van der Waals surface area (Å²) in [5, 5.41) is 0. The molecule has 0 unspecified atom stereocenters. The van der Waals surface area contributed by atoms with Gasteiger partial charge in [0.05, 0.1) is 6.33 Å². The minimum Gasteiger partial charge on any atom is -0.347 e. The van der Waals surface area contributed by atoms with Gasteiger partial charge in [-0.15, -0.1) is 0 Å². The average Bonchev–Trinajstić information content (AvgIpc) is 2.36. The zero-order valence-electron chi connectivity index (χ0n) is 7.61. The molecule has 1 heterocycles. The number of likely N-dealkylation sites (N-methyl/N-ethyl adjacent to an activating group) is 1. The standard InChI is InChI=1S/C8H13N3O/c1-7-4-9-6-11(7)5-8(12)10(2)3/h4,6H,5H2,1-3H3. The number of carbonyl (C=O) groups is 1. The van der Waals surface area contributed by atoms with E-state index in [0.29, 0.717) is 6.54 Å². The lowest BCUT2D eigenvalue weighted by Crippen LogP contribution is -2.26. The Morgan fingerprint density at radius 3 is 2.75 bits per heavy atom. The molecule has 0 aromatic carbocycles. The van der Waals surface area contributed by atoms with Crippen LogP contribution in [-0.2, 0) is 11.3 Å². The van der Waals surface area contributed by atoms with Crippen LogP contribution in [0, 0.1) is 6.92 Å². The number of aromatic nitrogens is 2. The van der Waals surface area contributed by atoms with E-state index in [1.165, 1.54) is 0 Å². The molecule has 0 bridgehead atoms. The molecule has 0 saturated carbocycles. The SMILES string of the molecule is Cc1cncn1CC(=O)N(C)C. The van der Waals surface area contributed by atoms with Gasteiger partial charge in [0.1, 0.15) is 6.54 Å². The van der Waals surface area contributed by atoms with Crippen molar-refractivity contribution in [2.24, 2.45) is 0 Å². The molecule has 0 saturated heterocycles. The molecule has 1 aromatic heterocycles. The zero-order valence-corrected chi connectivity index (χ0v) is 7.61. The number of nitrogens with zero attached hydrogens (tertiary/aromatic N) is 3. The number of imidazole rings is 1. The van der Waals surface area contributed by atoms with Gasteiger partial charge in [-0.2, -0.15) is 0 Å². The lowest BCUT2D eigenvalue weighted by atomic mass is 10.5. The molecular weight excluding hydrogens is 154 g/mol. The Morgan fingerprint density at radius 2 is 2.33 bits per heavy atom. The van der Waals surface area contributed by atoms with E-state index in [1.807, 2.05) is 11.5 Å². The van der Waals surface area contributed by atoms with E-state index < -0.39 is 0 Å². The van der Waals surface area contributed by atoms with Crippen LogP contribution in [0.15, 0.2) is 12.5 Å². The number of rotatable bonds is 2. The van der Waals surface area contributed by atoms with E-state index in [9.17, 15) is 4.79 Å². The molecule has 1 rings (SSSR count). The Bertz CT molecular complexity index is 278. The van der Waals surface area contributed by atoms with Gasteiger partial charge in [-0.05, 0) is 6.92 Å². The van der Waals surface area contributed by atoms with E-state index in [-0.39, 0.29) is 5.91 Å². The van der Waals surface area contributed by atoms with Gasteiger partial charge in [-0.25, -0.2) is 4.98 Å². The molecule has 0 spiro atoms. The summed E-state index contributed by atoms with van der Waals surface area (Å²) in [6.07, 6.45) is 3.40. The van der Waals surface area contributed by atoms with Gasteiger partial charge in [0.15, 0.2) is 0 Å². The van der Waals surface area contributed by atoms with Crippen molar-refractivity contribution in [3.8, 4) is 0 Å². The number of aryl methyl sites for hydroxylation is 1. The summed E-state index contributed by atoms with van der Waals surface area (Å²) < 4.78 is 1.82. The van der Waals surface area contributed by atoms with E-state index in [0.717, 1.165) is 5.69 Å². The number of carbonyl (C=O) groups excluding carboxylic acids is 1. The van der Waals surface area contributed by atoms with Crippen molar-refractivity contribution in [1.82, 2.24) is 14.5 Å². The maximum absolute atomic E-state index is 11.2. The molecule has 0 N–H and O–H groups in total. The highest BCUT2D eigenvalue weighted by Gasteiger charge is 2.05. The lowest BCUT2D eigenvalue weighted by molar-refractivity contribution is -0.129. The van der Waals surface area contributed by atoms with E-state index in [2.05, 4.69) is 4.98 Å². The zero-order chi connectivity index (χ0) is 9.14. The average molecular weight is 167 g/mol. The Balaban J connectivity index is 2.64. The van der Waals surface area contributed by atoms with Crippen molar-refractivity contribution in [2.45, 2.75) is 13.5 Å². The topological polar surface area (TPSA) is 38.1 Å². The van der Waals surface area contributed by atoms with Crippen LogP contribution in [0.5, 0.6) is 0 Å². The highest BCUT2D eigenvalue weighted by atomic mass is 16.2. The van der Waals surface area contributed by atoms with Crippen LogP contribution in [0.3, 0.4) is 0 Å². The van der Waals surface area contributed by atoms with Crippen LogP contribution < -0.4 is 0 Å². The molecule has 66 valence electrons. The molecule has 0 radical (unpaired) electrons. The highest BCUT2D eigenvalue weighted by Crippen LogP contribution is 1.96.